The van der Waals surface area contributed by atoms with Gasteiger partial charge in [-0.3, -0.25) is 0 Å². The summed E-state index contributed by atoms with van der Waals surface area (Å²) >= 11 is 1.89. The Morgan fingerprint density at radius 3 is 3.06 bits per heavy atom. The van der Waals surface area contributed by atoms with Crippen molar-refractivity contribution < 1.29 is 9.63 Å². The van der Waals surface area contributed by atoms with Crippen LogP contribution in [0.3, 0.4) is 0 Å². The van der Waals surface area contributed by atoms with Gasteiger partial charge < -0.3 is 14.9 Å². The van der Waals surface area contributed by atoms with Crippen LogP contribution in [-0.4, -0.2) is 34.1 Å². The minimum absolute atomic E-state index is 0.344. The van der Waals surface area contributed by atoms with Crippen molar-refractivity contribution in [1.82, 2.24) is 15.5 Å². The van der Waals surface area contributed by atoms with Crippen molar-refractivity contribution in [2.24, 2.45) is 0 Å². The molecule has 2 N–H and O–H groups in total. The van der Waals surface area contributed by atoms with E-state index in [1.54, 1.807) is 0 Å². The molecule has 100 valence electrons. The first kappa shape index (κ1) is 12.4. The van der Waals surface area contributed by atoms with Crippen molar-refractivity contribution in [2.75, 3.05) is 18.8 Å². The minimum atomic E-state index is -0.969. The first-order chi connectivity index (χ1) is 8.78. The van der Waals surface area contributed by atoms with Gasteiger partial charge in [0.2, 0.25) is 0 Å². The van der Waals surface area contributed by atoms with Gasteiger partial charge in [-0.1, -0.05) is 11.6 Å². The predicted octanol–water partition coefficient (Wildman–Crippen LogP) is 1.60. The molecule has 18 heavy (non-hydrogen) atoms. The van der Waals surface area contributed by atoms with Crippen LogP contribution in [0.15, 0.2) is 4.52 Å². The van der Waals surface area contributed by atoms with Crippen molar-refractivity contribution in [3.05, 3.63) is 11.7 Å². The number of aromatic nitrogens is 2. The Balaban J connectivity index is 1.75. The van der Waals surface area contributed by atoms with Gasteiger partial charge in [0.25, 0.3) is 5.89 Å². The number of rotatable bonds is 2. The molecular formula is C12H19N3O2S. The van der Waals surface area contributed by atoms with Crippen LogP contribution in [0.1, 0.15) is 49.1 Å². The normalized spacial score (nSPS) is 33.5. The lowest BCUT2D eigenvalue weighted by Crippen LogP contribution is -2.43. The van der Waals surface area contributed by atoms with E-state index >= 15 is 0 Å². The average Bonchev–Trinajstić information content (AvgIpc) is 2.91. The average molecular weight is 269 g/mol. The van der Waals surface area contributed by atoms with Gasteiger partial charge in [-0.25, -0.2) is 0 Å². The Morgan fingerprint density at radius 1 is 1.39 bits per heavy atom. The van der Waals surface area contributed by atoms with E-state index in [2.05, 4.69) is 15.5 Å². The summed E-state index contributed by atoms with van der Waals surface area (Å²) in [5.41, 5.74) is -0.969. The van der Waals surface area contributed by atoms with Gasteiger partial charge in [0.15, 0.2) is 11.4 Å². The molecule has 3 rings (SSSR count). The molecule has 0 radical (unpaired) electrons. The van der Waals surface area contributed by atoms with Crippen LogP contribution in [0.2, 0.25) is 0 Å². The molecule has 6 heteroatoms. The van der Waals surface area contributed by atoms with Gasteiger partial charge >= 0.3 is 0 Å². The highest BCUT2D eigenvalue weighted by atomic mass is 32.2. The molecule has 0 aliphatic carbocycles. The zero-order valence-electron chi connectivity index (χ0n) is 10.4. The number of hydrogen-bond acceptors (Lipinski definition) is 6. The first-order valence-electron chi connectivity index (χ1n) is 6.67. The van der Waals surface area contributed by atoms with E-state index in [-0.39, 0.29) is 0 Å². The van der Waals surface area contributed by atoms with Crippen LogP contribution in [0, 0.1) is 0 Å². The fourth-order valence-electron chi connectivity index (χ4n) is 2.57. The Labute approximate surface area is 111 Å². The second-order valence-electron chi connectivity index (χ2n) is 5.12. The number of nitrogens with zero attached hydrogens (tertiary/aromatic N) is 2. The lowest BCUT2D eigenvalue weighted by Gasteiger charge is -2.28. The number of hydrogen-bond donors (Lipinski definition) is 2. The van der Waals surface area contributed by atoms with Gasteiger partial charge in [0, 0.05) is 6.54 Å². The molecule has 3 heterocycles. The van der Waals surface area contributed by atoms with Crippen molar-refractivity contribution in [3.8, 4) is 0 Å². The maximum Gasteiger partial charge on any atom is 0.259 e. The Kier molecular flexibility index (Phi) is 3.59. The number of nitrogens with one attached hydrogen (secondary N) is 1. The third-order valence-corrected chi connectivity index (χ3v) is 5.04. The summed E-state index contributed by atoms with van der Waals surface area (Å²) in [6.45, 7) is 1.45. The largest absolute Gasteiger partial charge is 0.379 e. The van der Waals surface area contributed by atoms with Crippen LogP contribution < -0.4 is 5.32 Å². The van der Waals surface area contributed by atoms with Crippen LogP contribution in [0.5, 0.6) is 0 Å². The number of aliphatic hydroxyl groups is 1. The summed E-state index contributed by atoms with van der Waals surface area (Å²) < 4.78 is 5.30. The van der Waals surface area contributed by atoms with Crippen LogP contribution >= 0.6 is 11.8 Å². The van der Waals surface area contributed by atoms with Crippen molar-refractivity contribution in [3.63, 3.8) is 0 Å². The minimum Gasteiger partial charge on any atom is -0.379 e. The van der Waals surface area contributed by atoms with E-state index in [1.807, 2.05) is 11.8 Å². The molecule has 0 aromatic carbocycles. The SMILES string of the molecule is OC1(c2nc(C3CCCCS3)no2)CCCNC1. The van der Waals surface area contributed by atoms with Crippen molar-refractivity contribution in [2.45, 2.75) is 43.0 Å². The van der Waals surface area contributed by atoms with Crippen LogP contribution in [0.4, 0.5) is 0 Å². The van der Waals surface area contributed by atoms with Gasteiger partial charge in [0.05, 0.1) is 5.25 Å². The van der Waals surface area contributed by atoms with E-state index in [0.717, 1.165) is 25.2 Å². The topological polar surface area (TPSA) is 71.2 Å². The van der Waals surface area contributed by atoms with Crippen LogP contribution in [0.25, 0.3) is 0 Å². The summed E-state index contributed by atoms with van der Waals surface area (Å²) in [7, 11) is 0. The lowest BCUT2D eigenvalue weighted by atomic mass is 9.94. The molecular weight excluding hydrogens is 250 g/mol. The van der Waals surface area contributed by atoms with E-state index in [9.17, 15) is 5.11 Å². The smallest absolute Gasteiger partial charge is 0.259 e. The number of thioether (sulfide) groups is 1. The molecule has 0 spiro atoms. The summed E-state index contributed by atoms with van der Waals surface area (Å²) in [5.74, 6) is 2.31. The van der Waals surface area contributed by atoms with Crippen molar-refractivity contribution in [1.29, 1.82) is 0 Å². The Bertz CT molecular complexity index is 398. The molecule has 1 aromatic heterocycles. The third kappa shape index (κ3) is 2.41. The fraction of sp³-hybridized carbons (Fsp3) is 0.833. The van der Waals surface area contributed by atoms with Gasteiger partial charge in [-0.2, -0.15) is 16.7 Å². The molecule has 2 unspecified atom stereocenters. The highest BCUT2D eigenvalue weighted by molar-refractivity contribution is 7.99. The molecule has 1 aromatic rings. The van der Waals surface area contributed by atoms with Gasteiger partial charge in [0.1, 0.15) is 0 Å². The van der Waals surface area contributed by atoms with E-state index in [4.69, 9.17) is 4.52 Å². The van der Waals surface area contributed by atoms with E-state index in [1.165, 1.54) is 18.6 Å². The molecule has 5 nitrogen and oxygen atoms in total. The highest BCUT2D eigenvalue weighted by Gasteiger charge is 2.37. The molecule has 0 saturated carbocycles. The van der Waals surface area contributed by atoms with E-state index in [0.29, 0.717) is 24.1 Å². The standard InChI is InChI=1S/C12H19N3O2S/c16-12(5-3-6-13-8-12)11-14-10(15-17-11)9-4-1-2-7-18-9/h9,13,16H,1-8H2. The third-order valence-electron chi connectivity index (χ3n) is 3.67. The quantitative estimate of drug-likeness (QED) is 0.849. The van der Waals surface area contributed by atoms with Gasteiger partial charge in [-0.15, -0.1) is 0 Å². The fourth-order valence-corrected chi connectivity index (χ4v) is 3.80. The van der Waals surface area contributed by atoms with Crippen LogP contribution in [-0.2, 0) is 5.60 Å². The molecule has 2 aliphatic rings. The second-order valence-corrected chi connectivity index (χ2v) is 6.44. The summed E-state index contributed by atoms with van der Waals surface area (Å²) in [6.07, 6.45) is 5.25. The predicted molar refractivity (Wildman–Crippen MR) is 69.3 cm³/mol. The molecule has 0 amide bonds. The summed E-state index contributed by atoms with van der Waals surface area (Å²) in [6, 6.07) is 0. The number of β-amino-alcohol motifs (C(OH)–C–C–N with tert-alkyl or cyclic N) is 1. The molecule has 2 aliphatic heterocycles. The summed E-state index contributed by atoms with van der Waals surface area (Å²) in [5, 5.41) is 18.1. The van der Waals surface area contributed by atoms with Crippen molar-refractivity contribution >= 4 is 11.8 Å². The molecule has 2 saturated heterocycles. The Morgan fingerprint density at radius 2 is 2.33 bits per heavy atom. The Hall–Kier alpha value is -0.590. The monoisotopic (exact) mass is 269 g/mol. The van der Waals surface area contributed by atoms with Gasteiger partial charge in [-0.05, 0) is 38.0 Å². The highest BCUT2D eigenvalue weighted by Crippen LogP contribution is 2.37. The molecule has 2 atom stereocenters. The molecule has 2 fully saturated rings. The maximum atomic E-state index is 10.5. The summed E-state index contributed by atoms with van der Waals surface area (Å²) in [4.78, 5) is 4.44. The zero-order chi connectivity index (χ0) is 12.4. The first-order valence-corrected chi connectivity index (χ1v) is 7.72. The number of piperidine rings is 1. The van der Waals surface area contributed by atoms with E-state index < -0.39 is 5.60 Å². The second kappa shape index (κ2) is 5.19. The lowest BCUT2D eigenvalue weighted by molar-refractivity contribution is -0.0167. The molecule has 0 bridgehead atoms. The maximum absolute atomic E-state index is 10.5. The zero-order valence-corrected chi connectivity index (χ0v) is 11.2.